The van der Waals surface area contributed by atoms with Crippen LogP contribution in [0.15, 0.2) is 12.2 Å². The van der Waals surface area contributed by atoms with Crippen LogP contribution in [0.25, 0.3) is 0 Å². The molecule has 4 N–H and O–H groups in total. The van der Waals surface area contributed by atoms with Crippen molar-refractivity contribution in [2.24, 2.45) is 23.3 Å². The molecule has 2 unspecified atom stereocenters. The first-order chi connectivity index (χ1) is 5.24. The van der Waals surface area contributed by atoms with E-state index in [2.05, 4.69) is 19.1 Å². The van der Waals surface area contributed by atoms with Gasteiger partial charge in [-0.15, -0.1) is 0 Å². The molecule has 2 heteroatoms. The lowest BCUT2D eigenvalue weighted by Gasteiger charge is -2.14. The van der Waals surface area contributed by atoms with Crippen molar-refractivity contribution in [3.05, 3.63) is 12.2 Å². The van der Waals surface area contributed by atoms with Crippen LogP contribution in [-0.4, -0.2) is 6.17 Å². The van der Waals surface area contributed by atoms with Crippen LogP contribution in [0.4, 0.5) is 0 Å². The first kappa shape index (κ1) is 8.75. The topological polar surface area (TPSA) is 52.0 Å². The summed E-state index contributed by atoms with van der Waals surface area (Å²) >= 11 is 0. The van der Waals surface area contributed by atoms with Crippen LogP contribution in [0.3, 0.4) is 0 Å². The third kappa shape index (κ3) is 2.31. The number of hydrogen-bond acceptors (Lipinski definition) is 2. The van der Waals surface area contributed by atoms with E-state index in [1.807, 2.05) is 0 Å². The van der Waals surface area contributed by atoms with Gasteiger partial charge < -0.3 is 11.5 Å². The maximum atomic E-state index is 5.58. The molecule has 0 bridgehead atoms. The molecule has 1 rings (SSSR count). The minimum atomic E-state index is -0.159. The van der Waals surface area contributed by atoms with Gasteiger partial charge in [0, 0.05) is 5.92 Å². The van der Waals surface area contributed by atoms with Gasteiger partial charge in [-0.2, -0.15) is 0 Å². The van der Waals surface area contributed by atoms with Gasteiger partial charge in [0.15, 0.2) is 0 Å². The van der Waals surface area contributed by atoms with Gasteiger partial charge in [0.1, 0.15) is 0 Å². The van der Waals surface area contributed by atoms with E-state index >= 15 is 0 Å². The minimum absolute atomic E-state index is 0.159. The molecule has 64 valence electrons. The molecule has 1 aliphatic carbocycles. The Morgan fingerprint density at radius 3 is 2.64 bits per heavy atom. The molecule has 0 saturated carbocycles. The second-order valence-electron chi connectivity index (χ2n) is 3.41. The Morgan fingerprint density at radius 2 is 2.18 bits per heavy atom. The summed E-state index contributed by atoms with van der Waals surface area (Å²) in [6.45, 7) is 2.21. The zero-order valence-corrected chi connectivity index (χ0v) is 7.16. The number of nitrogens with two attached hydrogens (primary N) is 2. The summed E-state index contributed by atoms with van der Waals surface area (Å²) in [4.78, 5) is 0. The van der Waals surface area contributed by atoms with Gasteiger partial charge in [-0.05, 0) is 18.8 Å². The summed E-state index contributed by atoms with van der Waals surface area (Å²) in [5, 5.41) is 0. The zero-order chi connectivity index (χ0) is 8.27. The molecule has 0 spiro atoms. The molecule has 0 aromatic carbocycles. The molecule has 0 radical (unpaired) electrons. The fraction of sp³-hybridized carbons (Fsp3) is 0.778. The SMILES string of the molecule is CCCC1C=CC(C(N)N)C1. The molecule has 2 atom stereocenters. The number of rotatable bonds is 3. The molecular weight excluding hydrogens is 136 g/mol. The molecule has 11 heavy (non-hydrogen) atoms. The summed E-state index contributed by atoms with van der Waals surface area (Å²) in [5.74, 6) is 1.16. The van der Waals surface area contributed by atoms with Crippen molar-refractivity contribution in [2.45, 2.75) is 32.4 Å². The van der Waals surface area contributed by atoms with E-state index < -0.39 is 0 Å². The molecule has 0 aromatic rings. The van der Waals surface area contributed by atoms with Gasteiger partial charge in [-0.3, -0.25) is 0 Å². The number of hydrogen-bond donors (Lipinski definition) is 2. The average Bonchev–Trinajstić information content (AvgIpc) is 2.37. The fourth-order valence-electron chi connectivity index (χ4n) is 1.68. The second-order valence-corrected chi connectivity index (χ2v) is 3.41. The monoisotopic (exact) mass is 154 g/mol. The highest BCUT2D eigenvalue weighted by atomic mass is 14.9. The molecule has 0 saturated heterocycles. The lowest BCUT2D eigenvalue weighted by molar-refractivity contribution is 0.435. The lowest BCUT2D eigenvalue weighted by Crippen LogP contribution is -2.37. The van der Waals surface area contributed by atoms with Crippen molar-refractivity contribution < 1.29 is 0 Å². The summed E-state index contributed by atoms with van der Waals surface area (Å²) in [7, 11) is 0. The molecule has 1 aliphatic rings. The van der Waals surface area contributed by atoms with Gasteiger partial charge >= 0.3 is 0 Å². The summed E-state index contributed by atoms with van der Waals surface area (Å²) < 4.78 is 0. The maximum Gasteiger partial charge on any atom is 0.0585 e. The first-order valence-electron chi connectivity index (χ1n) is 4.43. The summed E-state index contributed by atoms with van der Waals surface area (Å²) in [6, 6.07) is 0. The van der Waals surface area contributed by atoms with Crippen molar-refractivity contribution in [2.75, 3.05) is 0 Å². The predicted octanol–water partition coefficient (Wildman–Crippen LogP) is 1.22. The standard InChI is InChI=1S/C9H18N2/c1-2-3-7-4-5-8(6-7)9(10)11/h4-5,7-9H,2-3,6,10-11H2,1H3. The third-order valence-corrected chi connectivity index (χ3v) is 2.36. The highest BCUT2D eigenvalue weighted by molar-refractivity contribution is 5.03. The Labute approximate surface area is 68.6 Å². The Bertz CT molecular complexity index is 140. The second kappa shape index (κ2) is 3.88. The molecular formula is C9H18N2. The smallest absolute Gasteiger partial charge is 0.0585 e. The molecule has 0 fully saturated rings. The quantitative estimate of drug-likeness (QED) is 0.474. The van der Waals surface area contributed by atoms with Crippen LogP contribution in [0, 0.1) is 11.8 Å². The van der Waals surface area contributed by atoms with Crippen LogP contribution >= 0.6 is 0 Å². The van der Waals surface area contributed by atoms with E-state index in [-0.39, 0.29) is 6.17 Å². The average molecular weight is 154 g/mol. The van der Waals surface area contributed by atoms with Crippen molar-refractivity contribution in [3.8, 4) is 0 Å². The van der Waals surface area contributed by atoms with Crippen LogP contribution in [0.5, 0.6) is 0 Å². The van der Waals surface area contributed by atoms with Crippen LogP contribution in [0.2, 0.25) is 0 Å². The largest absolute Gasteiger partial charge is 0.316 e. The normalized spacial score (nSPS) is 30.2. The van der Waals surface area contributed by atoms with Crippen molar-refractivity contribution in [1.29, 1.82) is 0 Å². The Morgan fingerprint density at radius 1 is 1.45 bits per heavy atom. The van der Waals surface area contributed by atoms with E-state index in [9.17, 15) is 0 Å². The number of allylic oxidation sites excluding steroid dienone is 1. The zero-order valence-electron chi connectivity index (χ0n) is 7.16. The first-order valence-corrected chi connectivity index (χ1v) is 4.43. The molecule has 0 amide bonds. The summed E-state index contributed by atoms with van der Waals surface area (Å²) in [5.41, 5.74) is 11.2. The van der Waals surface area contributed by atoms with Crippen LogP contribution in [-0.2, 0) is 0 Å². The molecule has 0 heterocycles. The Hall–Kier alpha value is -0.340. The van der Waals surface area contributed by atoms with E-state index in [0.717, 1.165) is 12.3 Å². The van der Waals surface area contributed by atoms with Crippen molar-refractivity contribution in [1.82, 2.24) is 0 Å². The van der Waals surface area contributed by atoms with E-state index in [1.54, 1.807) is 0 Å². The predicted molar refractivity (Wildman–Crippen MR) is 47.8 cm³/mol. The Balaban J connectivity index is 2.31. The van der Waals surface area contributed by atoms with Gasteiger partial charge in [0.25, 0.3) is 0 Å². The fourth-order valence-corrected chi connectivity index (χ4v) is 1.68. The molecule has 0 aliphatic heterocycles. The van der Waals surface area contributed by atoms with Gasteiger partial charge in [-0.1, -0.05) is 25.5 Å². The molecule has 2 nitrogen and oxygen atoms in total. The third-order valence-electron chi connectivity index (χ3n) is 2.36. The van der Waals surface area contributed by atoms with Crippen LogP contribution in [0.1, 0.15) is 26.2 Å². The van der Waals surface area contributed by atoms with Crippen molar-refractivity contribution >= 4 is 0 Å². The van der Waals surface area contributed by atoms with Gasteiger partial charge in [0.2, 0.25) is 0 Å². The van der Waals surface area contributed by atoms with E-state index in [1.165, 1.54) is 12.8 Å². The van der Waals surface area contributed by atoms with Gasteiger partial charge in [-0.25, -0.2) is 0 Å². The summed E-state index contributed by atoms with van der Waals surface area (Å²) in [6.07, 6.45) is 7.96. The molecule has 0 aromatic heterocycles. The van der Waals surface area contributed by atoms with E-state index in [0.29, 0.717) is 5.92 Å². The Kier molecular flexibility index (Phi) is 3.09. The minimum Gasteiger partial charge on any atom is -0.316 e. The van der Waals surface area contributed by atoms with Gasteiger partial charge in [0.05, 0.1) is 6.17 Å². The van der Waals surface area contributed by atoms with E-state index in [4.69, 9.17) is 11.5 Å². The maximum absolute atomic E-state index is 5.58. The van der Waals surface area contributed by atoms with Crippen molar-refractivity contribution in [3.63, 3.8) is 0 Å². The highest BCUT2D eigenvalue weighted by Gasteiger charge is 2.20. The highest BCUT2D eigenvalue weighted by Crippen LogP contribution is 2.27. The lowest BCUT2D eigenvalue weighted by atomic mass is 9.98. The van der Waals surface area contributed by atoms with Crippen LogP contribution < -0.4 is 11.5 Å².